The van der Waals surface area contributed by atoms with E-state index in [-0.39, 0.29) is 0 Å². The molecule has 1 unspecified atom stereocenters. The van der Waals surface area contributed by atoms with Crippen molar-refractivity contribution >= 4 is 0 Å². The molecule has 0 fully saturated rings. The predicted molar refractivity (Wildman–Crippen MR) is 83.1 cm³/mol. The van der Waals surface area contributed by atoms with E-state index in [1.165, 1.54) is 17.5 Å². The lowest BCUT2D eigenvalue weighted by Crippen LogP contribution is -2.27. The summed E-state index contributed by atoms with van der Waals surface area (Å²) in [6, 6.07) is 7.03. The zero-order valence-electron chi connectivity index (χ0n) is 13.1. The molecule has 0 amide bonds. The maximum atomic E-state index is 5.80. The first-order chi connectivity index (χ1) is 9.04. The Morgan fingerprint density at radius 2 is 1.95 bits per heavy atom. The molecule has 0 aliphatic heterocycles. The van der Waals surface area contributed by atoms with E-state index >= 15 is 0 Å². The smallest absolute Gasteiger partial charge is 0.119 e. The van der Waals surface area contributed by atoms with Crippen LogP contribution < -0.4 is 10.1 Å². The maximum absolute atomic E-state index is 5.80. The minimum absolute atomic E-state index is 0.578. The van der Waals surface area contributed by atoms with Crippen LogP contribution in [0.4, 0.5) is 0 Å². The number of ether oxygens (including phenoxy) is 1. The molecule has 0 aliphatic carbocycles. The van der Waals surface area contributed by atoms with E-state index in [0.717, 1.165) is 25.3 Å². The van der Waals surface area contributed by atoms with Crippen molar-refractivity contribution in [2.75, 3.05) is 13.2 Å². The molecular formula is C17H29NO. The molecule has 1 atom stereocenters. The van der Waals surface area contributed by atoms with Gasteiger partial charge >= 0.3 is 0 Å². The van der Waals surface area contributed by atoms with Gasteiger partial charge in [-0.3, -0.25) is 0 Å². The fourth-order valence-corrected chi connectivity index (χ4v) is 2.14. The first-order valence-electron chi connectivity index (χ1n) is 7.51. The number of aryl methyl sites for hydroxylation is 1. The second-order valence-electron chi connectivity index (χ2n) is 5.64. The molecule has 0 spiro atoms. The molecule has 1 N–H and O–H groups in total. The Labute approximate surface area is 118 Å². The average Bonchev–Trinajstić information content (AvgIpc) is 2.37. The molecule has 19 heavy (non-hydrogen) atoms. The first-order valence-corrected chi connectivity index (χ1v) is 7.51. The van der Waals surface area contributed by atoms with Crippen LogP contribution in [0, 0.1) is 6.92 Å². The molecular weight excluding hydrogens is 234 g/mol. The van der Waals surface area contributed by atoms with Gasteiger partial charge in [-0.15, -0.1) is 0 Å². The van der Waals surface area contributed by atoms with Gasteiger partial charge in [0.25, 0.3) is 0 Å². The lowest BCUT2D eigenvalue weighted by molar-refractivity contribution is 0.305. The van der Waals surface area contributed by atoms with Crippen molar-refractivity contribution in [3.8, 4) is 5.75 Å². The summed E-state index contributed by atoms with van der Waals surface area (Å²) in [4.78, 5) is 0. The van der Waals surface area contributed by atoms with Crippen molar-refractivity contribution in [1.29, 1.82) is 0 Å². The minimum atomic E-state index is 0.578. The lowest BCUT2D eigenvalue weighted by Gasteiger charge is -2.13. The van der Waals surface area contributed by atoms with Crippen LogP contribution in [0.2, 0.25) is 0 Å². The summed E-state index contributed by atoms with van der Waals surface area (Å²) in [6.07, 6.45) is 2.23. The van der Waals surface area contributed by atoms with Gasteiger partial charge in [0.05, 0.1) is 6.61 Å². The maximum Gasteiger partial charge on any atom is 0.119 e. The Bertz CT molecular complexity index is 374. The summed E-state index contributed by atoms with van der Waals surface area (Å²) in [5.74, 6) is 1.57. The van der Waals surface area contributed by atoms with Crippen molar-refractivity contribution < 1.29 is 4.74 Å². The number of hydrogen-bond donors (Lipinski definition) is 1. The summed E-state index contributed by atoms with van der Waals surface area (Å²) in [5.41, 5.74) is 2.73. The second kappa shape index (κ2) is 8.21. The summed E-state index contributed by atoms with van der Waals surface area (Å²) in [5, 5.41) is 3.47. The third-order valence-corrected chi connectivity index (χ3v) is 3.56. The van der Waals surface area contributed by atoms with Gasteiger partial charge in [0.1, 0.15) is 5.75 Å². The molecule has 0 saturated heterocycles. The van der Waals surface area contributed by atoms with Gasteiger partial charge in [0, 0.05) is 6.04 Å². The molecule has 0 bridgehead atoms. The van der Waals surface area contributed by atoms with Crippen LogP contribution >= 0.6 is 0 Å². The normalized spacial score (nSPS) is 12.7. The van der Waals surface area contributed by atoms with Crippen molar-refractivity contribution in [2.45, 2.75) is 59.4 Å². The molecule has 0 heterocycles. The molecule has 108 valence electrons. The van der Waals surface area contributed by atoms with Crippen molar-refractivity contribution in [2.24, 2.45) is 0 Å². The van der Waals surface area contributed by atoms with Crippen LogP contribution in [0.25, 0.3) is 0 Å². The minimum Gasteiger partial charge on any atom is -0.494 e. The Balaban J connectivity index is 2.32. The first kappa shape index (κ1) is 16.0. The van der Waals surface area contributed by atoms with Gasteiger partial charge in [0.2, 0.25) is 0 Å². The number of hydrogen-bond acceptors (Lipinski definition) is 2. The number of benzene rings is 1. The SMILES string of the molecule is CCC(C)NCCCOc1ccc(C(C)C)c(C)c1. The van der Waals surface area contributed by atoms with Gasteiger partial charge in [-0.1, -0.05) is 26.8 Å². The quantitative estimate of drug-likeness (QED) is 0.707. The Kier molecular flexibility index (Phi) is 6.93. The number of nitrogens with one attached hydrogen (secondary N) is 1. The van der Waals surface area contributed by atoms with Crippen LogP contribution in [0.3, 0.4) is 0 Å². The monoisotopic (exact) mass is 263 g/mol. The molecule has 0 aliphatic rings. The predicted octanol–water partition coefficient (Wildman–Crippen LogP) is 4.28. The van der Waals surface area contributed by atoms with Crippen LogP contribution in [0.1, 0.15) is 57.6 Å². The van der Waals surface area contributed by atoms with E-state index in [0.29, 0.717) is 12.0 Å². The molecule has 0 saturated carbocycles. The fourth-order valence-electron chi connectivity index (χ4n) is 2.14. The zero-order chi connectivity index (χ0) is 14.3. The largest absolute Gasteiger partial charge is 0.494 e. The van der Waals surface area contributed by atoms with Gasteiger partial charge in [0.15, 0.2) is 0 Å². The van der Waals surface area contributed by atoms with E-state index in [1.54, 1.807) is 0 Å². The molecule has 1 rings (SSSR count). The molecule has 2 heteroatoms. The Morgan fingerprint density at radius 1 is 1.21 bits per heavy atom. The van der Waals surface area contributed by atoms with Gasteiger partial charge in [-0.25, -0.2) is 0 Å². The van der Waals surface area contributed by atoms with Crippen LogP contribution in [-0.2, 0) is 0 Å². The highest BCUT2D eigenvalue weighted by molar-refractivity contribution is 5.36. The lowest BCUT2D eigenvalue weighted by atomic mass is 9.98. The highest BCUT2D eigenvalue weighted by Crippen LogP contribution is 2.23. The summed E-state index contributed by atoms with van der Waals surface area (Å²) in [7, 11) is 0. The van der Waals surface area contributed by atoms with Gasteiger partial charge < -0.3 is 10.1 Å². The van der Waals surface area contributed by atoms with Gasteiger partial charge in [-0.2, -0.15) is 0 Å². The standard InChI is InChI=1S/C17H29NO/c1-6-15(5)18-10-7-11-19-16-8-9-17(13(2)3)14(4)12-16/h8-9,12-13,15,18H,6-7,10-11H2,1-5H3. The van der Waals surface area contributed by atoms with Crippen LogP contribution in [-0.4, -0.2) is 19.2 Å². The number of rotatable bonds is 8. The third-order valence-electron chi connectivity index (χ3n) is 3.56. The zero-order valence-corrected chi connectivity index (χ0v) is 13.1. The van der Waals surface area contributed by atoms with E-state index < -0.39 is 0 Å². The second-order valence-corrected chi connectivity index (χ2v) is 5.64. The van der Waals surface area contributed by atoms with Crippen molar-refractivity contribution in [3.63, 3.8) is 0 Å². The Hall–Kier alpha value is -1.02. The molecule has 0 radical (unpaired) electrons. The van der Waals surface area contributed by atoms with E-state index in [2.05, 4.69) is 58.1 Å². The summed E-state index contributed by atoms with van der Waals surface area (Å²) in [6.45, 7) is 12.8. The Morgan fingerprint density at radius 3 is 2.53 bits per heavy atom. The van der Waals surface area contributed by atoms with E-state index in [1.807, 2.05) is 0 Å². The summed E-state index contributed by atoms with van der Waals surface area (Å²) < 4.78 is 5.80. The topological polar surface area (TPSA) is 21.3 Å². The summed E-state index contributed by atoms with van der Waals surface area (Å²) >= 11 is 0. The highest BCUT2D eigenvalue weighted by atomic mass is 16.5. The fraction of sp³-hybridized carbons (Fsp3) is 0.647. The van der Waals surface area contributed by atoms with Crippen molar-refractivity contribution in [1.82, 2.24) is 5.32 Å². The van der Waals surface area contributed by atoms with Gasteiger partial charge in [-0.05, 0) is 62.4 Å². The highest BCUT2D eigenvalue weighted by Gasteiger charge is 2.04. The van der Waals surface area contributed by atoms with E-state index in [4.69, 9.17) is 4.74 Å². The van der Waals surface area contributed by atoms with Crippen molar-refractivity contribution in [3.05, 3.63) is 29.3 Å². The molecule has 0 aromatic heterocycles. The molecule has 2 nitrogen and oxygen atoms in total. The third kappa shape index (κ3) is 5.65. The molecule has 1 aromatic carbocycles. The van der Waals surface area contributed by atoms with Crippen LogP contribution in [0.5, 0.6) is 5.75 Å². The molecule has 1 aromatic rings. The average molecular weight is 263 g/mol. The van der Waals surface area contributed by atoms with Crippen LogP contribution in [0.15, 0.2) is 18.2 Å². The van der Waals surface area contributed by atoms with E-state index in [9.17, 15) is 0 Å².